The predicted molar refractivity (Wildman–Crippen MR) is 113 cm³/mol. The molecule has 4 rings (SSSR count). The van der Waals surface area contributed by atoms with Crippen molar-refractivity contribution >= 4 is 21.8 Å². The molecule has 0 aromatic heterocycles. The maximum Gasteiger partial charge on any atom is 0.447 e. The summed E-state index contributed by atoms with van der Waals surface area (Å²) in [6.45, 7) is 3.44. The molecule has 8 nitrogen and oxygen atoms in total. The summed E-state index contributed by atoms with van der Waals surface area (Å²) in [5.74, 6) is 2.22. The van der Waals surface area contributed by atoms with Crippen molar-refractivity contribution in [2.24, 2.45) is 5.16 Å². The molecule has 3 aromatic carbocycles. The number of fused-ring (bicyclic) bond motifs is 2. The number of hydrogen-bond acceptors (Lipinski definition) is 7. The number of nitrogens with zero attached hydrogens (tertiary/aromatic N) is 1. The van der Waals surface area contributed by atoms with Gasteiger partial charge < -0.3 is 9.47 Å². The highest BCUT2D eigenvalue weighted by Crippen LogP contribution is 2.45. The molecule has 3 aromatic rings. The van der Waals surface area contributed by atoms with E-state index < -0.39 is 16.1 Å². The minimum atomic E-state index is -4.06. The summed E-state index contributed by atoms with van der Waals surface area (Å²) >= 11 is 0. The number of benzene rings is 3. The smallest absolute Gasteiger partial charge is 0.447 e. The first-order chi connectivity index (χ1) is 14.8. The highest BCUT2D eigenvalue weighted by atomic mass is 32.2. The Hall–Kier alpha value is -3.85. The fourth-order valence-corrected chi connectivity index (χ4v) is 3.69. The van der Waals surface area contributed by atoms with Crippen molar-refractivity contribution in [3.8, 4) is 23.0 Å². The van der Waals surface area contributed by atoms with Crippen molar-refractivity contribution in [2.75, 3.05) is 0 Å². The molecule has 9 heteroatoms. The molecule has 1 amide bonds. The number of sulfonamides is 1. The number of carbonyl (C=O) groups excluding carboxylic acids is 1. The second kappa shape index (κ2) is 8.11. The average Bonchev–Trinajstić information content (AvgIpc) is 2.75. The zero-order valence-corrected chi connectivity index (χ0v) is 17.5. The second-order valence-electron chi connectivity index (χ2n) is 6.79. The van der Waals surface area contributed by atoms with Crippen LogP contribution >= 0.6 is 0 Å². The number of nitrogens with one attached hydrogen (secondary N) is 1. The molecular weight excluding hydrogens is 420 g/mol. The Kier molecular flexibility index (Phi) is 5.35. The van der Waals surface area contributed by atoms with Crippen LogP contribution in [0.15, 0.2) is 76.8 Å². The molecule has 0 bridgehead atoms. The molecule has 0 saturated carbocycles. The largest absolute Gasteiger partial charge is 0.450 e. The standard InChI is InChI=1S/C22H18N2O6S/c1-14-7-10-17(11-8-14)31(26,27)24-22(25)30-23-15(2)16-9-12-20-21(13-16)29-19-6-4-3-5-18(19)28-20/h3-13H,1-2H3,(H,24,25)/b23-15-. The fraction of sp³-hybridized carbons (Fsp3) is 0.0909. The minimum Gasteiger partial charge on any atom is -0.450 e. The van der Waals surface area contributed by atoms with Crippen LogP contribution in [0.4, 0.5) is 4.79 Å². The normalized spacial score (nSPS) is 12.6. The third-order valence-electron chi connectivity index (χ3n) is 4.46. The van der Waals surface area contributed by atoms with Crippen molar-refractivity contribution in [3.05, 3.63) is 77.9 Å². The van der Waals surface area contributed by atoms with Gasteiger partial charge in [0.15, 0.2) is 23.0 Å². The lowest BCUT2D eigenvalue weighted by molar-refractivity contribution is 0.157. The first kappa shape index (κ1) is 20.4. The molecule has 31 heavy (non-hydrogen) atoms. The maximum absolute atomic E-state index is 12.2. The molecule has 158 valence electrons. The summed E-state index contributed by atoms with van der Waals surface area (Å²) < 4.78 is 37.9. The molecule has 0 aliphatic carbocycles. The monoisotopic (exact) mass is 438 g/mol. The lowest BCUT2D eigenvalue weighted by Gasteiger charge is -2.20. The number of amides is 1. The maximum atomic E-state index is 12.2. The molecule has 1 heterocycles. The summed E-state index contributed by atoms with van der Waals surface area (Å²) in [6.07, 6.45) is -1.22. The van der Waals surface area contributed by atoms with Crippen LogP contribution in [-0.2, 0) is 14.9 Å². The molecular formula is C22H18N2O6S. The van der Waals surface area contributed by atoms with Gasteiger partial charge in [0.1, 0.15) is 0 Å². The van der Waals surface area contributed by atoms with Crippen LogP contribution in [0.3, 0.4) is 0 Å². The van der Waals surface area contributed by atoms with Gasteiger partial charge in [0.25, 0.3) is 10.0 Å². The number of aryl methyl sites for hydroxylation is 1. The van der Waals surface area contributed by atoms with Crippen molar-refractivity contribution in [2.45, 2.75) is 18.7 Å². The Morgan fingerprint density at radius 3 is 2.19 bits per heavy atom. The van der Waals surface area contributed by atoms with Gasteiger partial charge >= 0.3 is 6.09 Å². The van der Waals surface area contributed by atoms with Crippen molar-refractivity contribution < 1.29 is 27.5 Å². The van der Waals surface area contributed by atoms with Gasteiger partial charge in [0.05, 0.1) is 10.6 Å². The lowest BCUT2D eigenvalue weighted by Crippen LogP contribution is -2.30. The Balaban J connectivity index is 1.44. The number of para-hydroxylation sites is 2. The van der Waals surface area contributed by atoms with Crippen LogP contribution in [0.2, 0.25) is 0 Å². The molecule has 0 unspecified atom stereocenters. The summed E-state index contributed by atoms with van der Waals surface area (Å²) in [5, 5.41) is 3.72. The quantitative estimate of drug-likeness (QED) is 0.281. The molecule has 0 fully saturated rings. The van der Waals surface area contributed by atoms with Gasteiger partial charge in [-0.05, 0) is 56.3 Å². The first-order valence-corrected chi connectivity index (χ1v) is 10.7. The topological polar surface area (TPSA) is 103 Å². The zero-order chi connectivity index (χ0) is 22.0. The van der Waals surface area contributed by atoms with Gasteiger partial charge in [0, 0.05) is 5.56 Å². The predicted octanol–water partition coefficient (Wildman–Crippen LogP) is 4.73. The van der Waals surface area contributed by atoms with E-state index in [0.29, 0.717) is 34.3 Å². The SMILES string of the molecule is C/C(=N/OC(=O)NS(=O)(=O)c1ccc(C)cc1)c1ccc2c(c1)Oc1ccccc1O2. The second-order valence-corrected chi connectivity index (χ2v) is 8.47. The summed E-state index contributed by atoms with van der Waals surface area (Å²) in [4.78, 5) is 16.6. The van der Waals surface area contributed by atoms with Crippen LogP contribution < -0.4 is 14.2 Å². The van der Waals surface area contributed by atoms with Gasteiger partial charge in [-0.1, -0.05) is 35.0 Å². The Morgan fingerprint density at radius 1 is 0.903 bits per heavy atom. The highest BCUT2D eigenvalue weighted by Gasteiger charge is 2.20. The molecule has 0 atom stereocenters. The average molecular weight is 438 g/mol. The summed E-state index contributed by atoms with van der Waals surface area (Å²) in [7, 11) is -4.06. The van der Waals surface area contributed by atoms with Crippen molar-refractivity contribution in [1.82, 2.24) is 4.72 Å². The molecule has 0 spiro atoms. The van der Waals surface area contributed by atoms with Crippen LogP contribution in [0, 0.1) is 6.92 Å². The fourth-order valence-electron chi connectivity index (χ4n) is 2.82. The number of rotatable bonds is 4. The van der Waals surface area contributed by atoms with Crippen LogP contribution in [0.5, 0.6) is 23.0 Å². The molecule has 1 aliphatic rings. The van der Waals surface area contributed by atoms with E-state index in [1.54, 1.807) is 49.4 Å². The lowest BCUT2D eigenvalue weighted by atomic mass is 10.1. The number of hydrogen-bond donors (Lipinski definition) is 1. The van der Waals surface area contributed by atoms with Crippen molar-refractivity contribution in [1.29, 1.82) is 0 Å². The van der Waals surface area contributed by atoms with E-state index in [-0.39, 0.29) is 4.90 Å². The van der Waals surface area contributed by atoms with Gasteiger partial charge in [-0.2, -0.15) is 0 Å². The Morgan fingerprint density at radius 2 is 1.52 bits per heavy atom. The molecule has 1 aliphatic heterocycles. The van der Waals surface area contributed by atoms with E-state index in [1.807, 2.05) is 23.8 Å². The van der Waals surface area contributed by atoms with Crippen molar-refractivity contribution in [3.63, 3.8) is 0 Å². The van der Waals surface area contributed by atoms with Crippen LogP contribution in [0.1, 0.15) is 18.1 Å². The van der Waals surface area contributed by atoms with Crippen LogP contribution in [0.25, 0.3) is 0 Å². The van der Waals surface area contributed by atoms with E-state index in [9.17, 15) is 13.2 Å². The van der Waals surface area contributed by atoms with E-state index in [0.717, 1.165) is 5.56 Å². The third-order valence-corrected chi connectivity index (χ3v) is 5.79. The van der Waals surface area contributed by atoms with E-state index in [2.05, 4.69) is 5.16 Å². The summed E-state index contributed by atoms with van der Waals surface area (Å²) in [6, 6.07) is 18.4. The number of oxime groups is 1. The molecule has 1 N–H and O–H groups in total. The highest BCUT2D eigenvalue weighted by molar-refractivity contribution is 7.90. The third kappa shape index (κ3) is 4.51. The Bertz CT molecular complexity index is 1280. The summed E-state index contributed by atoms with van der Waals surface area (Å²) in [5.41, 5.74) is 1.84. The molecule has 0 radical (unpaired) electrons. The first-order valence-electron chi connectivity index (χ1n) is 9.26. The van der Waals surface area contributed by atoms with Gasteiger partial charge in [0.2, 0.25) is 0 Å². The van der Waals surface area contributed by atoms with Gasteiger partial charge in [-0.3, -0.25) is 4.84 Å². The molecule has 0 saturated heterocycles. The van der Waals surface area contributed by atoms with Crippen LogP contribution in [-0.4, -0.2) is 20.2 Å². The Labute approximate surface area is 179 Å². The number of ether oxygens (including phenoxy) is 2. The van der Waals surface area contributed by atoms with Gasteiger partial charge in [-0.15, -0.1) is 0 Å². The van der Waals surface area contributed by atoms with E-state index >= 15 is 0 Å². The minimum absolute atomic E-state index is 0.0529. The zero-order valence-electron chi connectivity index (χ0n) is 16.7. The van der Waals surface area contributed by atoms with Gasteiger partial charge in [-0.25, -0.2) is 17.9 Å². The van der Waals surface area contributed by atoms with E-state index in [1.165, 1.54) is 12.1 Å². The number of carbonyl (C=O) groups is 1. The van der Waals surface area contributed by atoms with E-state index in [4.69, 9.17) is 14.3 Å².